The Labute approximate surface area is 122 Å². The van der Waals surface area contributed by atoms with E-state index in [-0.39, 0.29) is 18.0 Å². The molecule has 0 heterocycles. The normalized spacial score (nSPS) is 13.2. The lowest BCUT2D eigenvalue weighted by Crippen LogP contribution is -2.37. The molecule has 0 radical (unpaired) electrons. The molecule has 0 amide bonds. The summed E-state index contributed by atoms with van der Waals surface area (Å²) in [5.41, 5.74) is -0.989. The third-order valence-electron chi connectivity index (χ3n) is 3.26. The molecule has 1 atom stereocenters. The van der Waals surface area contributed by atoms with Crippen LogP contribution in [0.25, 0.3) is 0 Å². The number of rotatable bonds is 8. The van der Waals surface area contributed by atoms with E-state index >= 15 is 0 Å². The van der Waals surface area contributed by atoms with Crippen molar-refractivity contribution in [3.8, 4) is 11.8 Å². The number of nitrogens with one attached hydrogen (secondary N) is 1. The van der Waals surface area contributed by atoms with Gasteiger partial charge >= 0.3 is 5.69 Å². The van der Waals surface area contributed by atoms with Gasteiger partial charge in [0.05, 0.1) is 17.6 Å². The third-order valence-corrected chi connectivity index (χ3v) is 3.26. The Balaban J connectivity index is 2.51. The molecule has 1 aromatic rings. The van der Waals surface area contributed by atoms with Crippen LogP contribution in [0.1, 0.15) is 26.2 Å². The molecule has 0 spiro atoms. The molecule has 0 fully saturated rings. The average molecular weight is 295 g/mol. The van der Waals surface area contributed by atoms with Gasteiger partial charge in [0, 0.05) is 6.07 Å². The highest BCUT2D eigenvalue weighted by Crippen LogP contribution is 2.29. The first-order valence-electron chi connectivity index (χ1n) is 6.59. The second-order valence-corrected chi connectivity index (χ2v) is 4.84. The van der Waals surface area contributed by atoms with Crippen molar-refractivity contribution in [2.75, 3.05) is 13.7 Å². The van der Waals surface area contributed by atoms with Gasteiger partial charge in [0.1, 0.15) is 5.54 Å². The number of nitriles is 1. The smallest absolute Gasteiger partial charge is 0.314 e. The SMILES string of the molecule is CNC(C)(C#N)CCCCOc1c(F)cccc1[N+](=O)[O-]. The number of unbranched alkanes of at least 4 members (excludes halogenated alkanes) is 1. The minimum absolute atomic E-state index is 0.160. The predicted molar refractivity (Wildman–Crippen MR) is 75.5 cm³/mol. The van der Waals surface area contributed by atoms with Gasteiger partial charge in [-0.15, -0.1) is 0 Å². The minimum atomic E-state index is -0.749. The quantitative estimate of drug-likeness (QED) is 0.452. The van der Waals surface area contributed by atoms with Crippen molar-refractivity contribution in [2.24, 2.45) is 0 Å². The van der Waals surface area contributed by atoms with Crippen LogP contribution in [-0.2, 0) is 0 Å². The van der Waals surface area contributed by atoms with Crippen molar-refractivity contribution in [3.05, 3.63) is 34.1 Å². The topological polar surface area (TPSA) is 88.2 Å². The van der Waals surface area contributed by atoms with Crippen LogP contribution >= 0.6 is 0 Å². The molecule has 21 heavy (non-hydrogen) atoms. The highest BCUT2D eigenvalue weighted by atomic mass is 19.1. The largest absolute Gasteiger partial charge is 0.485 e. The van der Waals surface area contributed by atoms with E-state index in [1.165, 1.54) is 12.1 Å². The Morgan fingerprint density at radius 2 is 2.24 bits per heavy atom. The highest BCUT2D eigenvalue weighted by molar-refractivity contribution is 5.46. The van der Waals surface area contributed by atoms with Crippen molar-refractivity contribution in [2.45, 2.75) is 31.7 Å². The number of nitrogens with zero attached hydrogens (tertiary/aromatic N) is 2. The number of ether oxygens (including phenoxy) is 1. The summed E-state index contributed by atoms with van der Waals surface area (Å²) in [5, 5.41) is 22.7. The molecule has 1 N–H and O–H groups in total. The first kappa shape index (κ1) is 16.9. The van der Waals surface area contributed by atoms with Gasteiger partial charge in [-0.25, -0.2) is 4.39 Å². The van der Waals surface area contributed by atoms with Crippen LogP contribution in [0.2, 0.25) is 0 Å². The molecule has 0 aliphatic carbocycles. The number of nitro groups is 1. The summed E-state index contributed by atoms with van der Waals surface area (Å²) in [6.45, 7) is 1.95. The van der Waals surface area contributed by atoms with Crippen molar-refractivity contribution in [1.29, 1.82) is 5.26 Å². The molecular weight excluding hydrogens is 277 g/mol. The monoisotopic (exact) mass is 295 g/mol. The Kier molecular flexibility index (Phi) is 6.06. The average Bonchev–Trinajstić information content (AvgIpc) is 2.47. The zero-order chi connectivity index (χ0) is 15.9. The minimum Gasteiger partial charge on any atom is -0.485 e. The fraction of sp³-hybridized carbons (Fsp3) is 0.500. The lowest BCUT2D eigenvalue weighted by atomic mass is 9.97. The first-order chi connectivity index (χ1) is 9.93. The lowest BCUT2D eigenvalue weighted by Gasteiger charge is -2.20. The van der Waals surface area contributed by atoms with Crippen LogP contribution in [0, 0.1) is 27.3 Å². The van der Waals surface area contributed by atoms with E-state index in [1.807, 2.05) is 0 Å². The van der Waals surface area contributed by atoms with Crippen LogP contribution in [0.15, 0.2) is 18.2 Å². The maximum Gasteiger partial charge on any atom is 0.314 e. The second kappa shape index (κ2) is 7.55. The number of hydrogen-bond acceptors (Lipinski definition) is 5. The van der Waals surface area contributed by atoms with Crippen LogP contribution < -0.4 is 10.1 Å². The molecule has 0 bridgehead atoms. The Hall–Kier alpha value is -2.20. The molecule has 1 rings (SSSR count). The van der Waals surface area contributed by atoms with Crippen LogP contribution in [0.3, 0.4) is 0 Å². The maximum absolute atomic E-state index is 13.5. The van der Waals surface area contributed by atoms with E-state index in [9.17, 15) is 14.5 Å². The van der Waals surface area contributed by atoms with Crippen LogP contribution in [0.4, 0.5) is 10.1 Å². The molecule has 0 saturated carbocycles. The molecule has 1 aromatic carbocycles. The molecule has 0 aromatic heterocycles. The fourth-order valence-electron chi connectivity index (χ4n) is 1.78. The molecule has 0 saturated heterocycles. The second-order valence-electron chi connectivity index (χ2n) is 4.84. The van der Waals surface area contributed by atoms with E-state index in [2.05, 4.69) is 11.4 Å². The van der Waals surface area contributed by atoms with Gasteiger partial charge in [-0.1, -0.05) is 6.07 Å². The predicted octanol–water partition coefficient (Wildman–Crippen LogP) is 2.78. The van der Waals surface area contributed by atoms with E-state index in [0.29, 0.717) is 19.3 Å². The van der Waals surface area contributed by atoms with E-state index in [1.54, 1.807) is 14.0 Å². The number of para-hydroxylation sites is 1. The number of benzene rings is 1. The van der Waals surface area contributed by atoms with Crippen LogP contribution in [-0.4, -0.2) is 24.1 Å². The van der Waals surface area contributed by atoms with Gasteiger partial charge in [-0.05, 0) is 39.3 Å². The van der Waals surface area contributed by atoms with Crippen molar-refractivity contribution >= 4 is 5.69 Å². The number of nitro benzene ring substituents is 1. The summed E-state index contributed by atoms with van der Waals surface area (Å²) in [7, 11) is 1.71. The van der Waals surface area contributed by atoms with Gasteiger partial charge < -0.3 is 10.1 Å². The molecule has 0 aliphatic rings. The summed E-state index contributed by atoms with van der Waals surface area (Å²) < 4.78 is 18.7. The van der Waals surface area contributed by atoms with Gasteiger partial charge in [0.2, 0.25) is 5.75 Å². The third kappa shape index (κ3) is 4.68. The zero-order valence-electron chi connectivity index (χ0n) is 12.1. The van der Waals surface area contributed by atoms with E-state index < -0.39 is 16.3 Å². The number of halogens is 1. The van der Waals surface area contributed by atoms with Crippen molar-refractivity contribution in [1.82, 2.24) is 5.32 Å². The molecule has 0 aliphatic heterocycles. The Morgan fingerprint density at radius 1 is 1.52 bits per heavy atom. The maximum atomic E-state index is 13.5. The van der Waals surface area contributed by atoms with Crippen molar-refractivity contribution < 1.29 is 14.1 Å². The van der Waals surface area contributed by atoms with E-state index in [4.69, 9.17) is 10.00 Å². The Bertz CT molecular complexity index is 545. The lowest BCUT2D eigenvalue weighted by molar-refractivity contribution is -0.386. The number of hydrogen-bond donors (Lipinski definition) is 1. The molecule has 1 unspecified atom stereocenters. The highest BCUT2D eigenvalue weighted by Gasteiger charge is 2.21. The van der Waals surface area contributed by atoms with Gasteiger partial charge in [-0.3, -0.25) is 10.1 Å². The summed E-state index contributed by atoms with van der Waals surface area (Å²) in [6.07, 6.45) is 1.88. The van der Waals surface area contributed by atoms with Crippen molar-refractivity contribution in [3.63, 3.8) is 0 Å². The summed E-state index contributed by atoms with van der Waals surface area (Å²) >= 11 is 0. The van der Waals surface area contributed by atoms with Gasteiger partial charge in [0.25, 0.3) is 0 Å². The van der Waals surface area contributed by atoms with Crippen LogP contribution in [0.5, 0.6) is 5.75 Å². The molecule has 6 nitrogen and oxygen atoms in total. The molecule has 114 valence electrons. The zero-order valence-corrected chi connectivity index (χ0v) is 12.1. The first-order valence-corrected chi connectivity index (χ1v) is 6.59. The summed E-state index contributed by atoms with van der Waals surface area (Å²) in [6, 6.07) is 5.76. The van der Waals surface area contributed by atoms with E-state index in [0.717, 1.165) is 6.07 Å². The van der Waals surface area contributed by atoms with Gasteiger partial charge in [0.15, 0.2) is 5.82 Å². The summed E-state index contributed by atoms with van der Waals surface area (Å²) in [5.74, 6) is -1.08. The Morgan fingerprint density at radius 3 is 2.81 bits per heavy atom. The molecular formula is C14H18FN3O3. The fourth-order valence-corrected chi connectivity index (χ4v) is 1.78. The van der Waals surface area contributed by atoms with Gasteiger partial charge in [-0.2, -0.15) is 5.26 Å². The standard InChI is InChI=1S/C14H18FN3O3/c1-14(10-16,17-2)8-3-4-9-21-13-11(15)6-5-7-12(13)18(19)20/h5-7,17H,3-4,8-9H2,1-2H3. The summed E-state index contributed by atoms with van der Waals surface area (Å²) in [4.78, 5) is 10.1. The molecule has 7 heteroatoms.